The maximum atomic E-state index is 12.9. The molecule has 31 heavy (non-hydrogen) atoms. The highest BCUT2D eigenvalue weighted by molar-refractivity contribution is 5.89. The maximum Gasteiger partial charge on any atom is 0.330 e. The predicted octanol–water partition coefficient (Wildman–Crippen LogP) is 5.39. The number of benzene rings is 2. The molecule has 0 aromatic heterocycles. The van der Waals surface area contributed by atoms with Crippen LogP contribution in [0.5, 0.6) is 5.75 Å². The molecule has 2 aromatic carbocycles. The van der Waals surface area contributed by atoms with E-state index in [0.717, 1.165) is 24.2 Å². The molecule has 0 saturated heterocycles. The SMILES string of the molecule is COc1ccc(C(NC(=O)Nc2cccc(COCC(F)(F)C(F)F)c2)C2CC2)cc1. The van der Waals surface area contributed by atoms with Crippen molar-refractivity contribution in [2.24, 2.45) is 5.92 Å². The maximum absolute atomic E-state index is 12.9. The predicted molar refractivity (Wildman–Crippen MR) is 108 cm³/mol. The van der Waals surface area contributed by atoms with E-state index < -0.39 is 25.0 Å². The number of methoxy groups -OCH3 is 1. The lowest BCUT2D eigenvalue weighted by Gasteiger charge is -2.20. The lowest BCUT2D eigenvalue weighted by atomic mass is 10.0. The van der Waals surface area contributed by atoms with Crippen LogP contribution >= 0.6 is 0 Å². The molecule has 2 N–H and O–H groups in total. The summed E-state index contributed by atoms with van der Waals surface area (Å²) >= 11 is 0. The fourth-order valence-electron chi connectivity index (χ4n) is 3.13. The summed E-state index contributed by atoms with van der Waals surface area (Å²) in [6.07, 6.45) is -1.74. The number of anilines is 1. The van der Waals surface area contributed by atoms with Crippen LogP contribution in [0.25, 0.3) is 0 Å². The molecular weight excluding hydrogens is 416 g/mol. The summed E-state index contributed by atoms with van der Waals surface area (Å²) in [6, 6.07) is 13.3. The smallest absolute Gasteiger partial charge is 0.330 e. The van der Waals surface area contributed by atoms with E-state index in [0.29, 0.717) is 17.2 Å². The number of amides is 2. The van der Waals surface area contributed by atoms with Crippen molar-refractivity contribution in [3.63, 3.8) is 0 Å². The number of carbonyl (C=O) groups is 1. The summed E-state index contributed by atoms with van der Waals surface area (Å²) < 4.78 is 60.1. The van der Waals surface area contributed by atoms with Crippen molar-refractivity contribution in [2.75, 3.05) is 19.0 Å². The number of halogens is 4. The van der Waals surface area contributed by atoms with Crippen LogP contribution in [-0.4, -0.2) is 32.1 Å². The second-order valence-corrected chi connectivity index (χ2v) is 7.44. The first kappa shape index (κ1) is 22.9. The van der Waals surface area contributed by atoms with Crippen molar-refractivity contribution in [3.8, 4) is 5.75 Å². The number of carbonyl (C=O) groups excluding carboxylic acids is 1. The monoisotopic (exact) mass is 440 g/mol. The average Bonchev–Trinajstić information content (AvgIpc) is 3.57. The largest absolute Gasteiger partial charge is 0.497 e. The first-order valence-corrected chi connectivity index (χ1v) is 9.82. The molecule has 0 radical (unpaired) electrons. The molecule has 0 bridgehead atoms. The van der Waals surface area contributed by atoms with Crippen LogP contribution < -0.4 is 15.4 Å². The Labute approximate surface area is 177 Å². The normalized spacial score (nSPS) is 14.9. The molecule has 2 amide bonds. The van der Waals surface area contributed by atoms with Crippen LogP contribution in [0.2, 0.25) is 0 Å². The molecule has 1 fully saturated rings. The van der Waals surface area contributed by atoms with Crippen molar-refractivity contribution in [3.05, 3.63) is 59.7 Å². The number of rotatable bonds is 10. The van der Waals surface area contributed by atoms with Crippen LogP contribution in [0, 0.1) is 5.92 Å². The zero-order valence-electron chi connectivity index (χ0n) is 16.9. The summed E-state index contributed by atoms with van der Waals surface area (Å²) in [4.78, 5) is 12.5. The number of urea groups is 1. The van der Waals surface area contributed by atoms with Crippen molar-refractivity contribution in [1.82, 2.24) is 5.32 Å². The van der Waals surface area contributed by atoms with Gasteiger partial charge in [-0.1, -0.05) is 24.3 Å². The van der Waals surface area contributed by atoms with Gasteiger partial charge in [0, 0.05) is 5.69 Å². The molecule has 9 heteroatoms. The van der Waals surface area contributed by atoms with E-state index >= 15 is 0 Å². The van der Waals surface area contributed by atoms with Gasteiger partial charge in [-0.05, 0) is 54.2 Å². The van der Waals surface area contributed by atoms with Gasteiger partial charge in [0.2, 0.25) is 0 Å². The van der Waals surface area contributed by atoms with Crippen molar-refractivity contribution >= 4 is 11.7 Å². The number of ether oxygens (including phenoxy) is 2. The molecule has 3 rings (SSSR count). The van der Waals surface area contributed by atoms with Gasteiger partial charge >= 0.3 is 18.4 Å². The summed E-state index contributed by atoms with van der Waals surface area (Å²) in [5.74, 6) is -3.11. The van der Waals surface area contributed by atoms with E-state index in [2.05, 4.69) is 10.6 Å². The highest BCUT2D eigenvalue weighted by atomic mass is 19.3. The Bertz CT molecular complexity index is 873. The van der Waals surface area contributed by atoms with Gasteiger partial charge < -0.3 is 20.1 Å². The minimum absolute atomic E-state index is 0.144. The fraction of sp³-hybridized carbons (Fsp3) is 0.409. The van der Waals surface area contributed by atoms with E-state index in [1.165, 1.54) is 0 Å². The van der Waals surface area contributed by atoms with Gasteiger partial charge in [-0.3, -0.25) is 0 Å². The molecule has 0 heterocycles. The Morgan fingerprint density at radius 3 is 2.48 bits per heavy atom. The third-order valence-electron chi connectivity index (χ3n) is 4.92. The second-order valence-electron chi connectivity index (χ2n) is 7.44. The molecule has 2 aromatic rings. The molecular formula is C22H24F4N2O3. The van der Waals surface area contributed by atoms with Crippen LogP contribution in [-0.2, 0) is 11.3 Å². The molecule has 168 valence electrons. The van der Waals surface area contributed by atoms with E-state index in [4.69, 9.17) is 9.47 Å². The minimum atomic E-state index is -4.20. The van der Waals surface area contributed by atoms with Gasteiger partial charge in [0.15, 0.2) is 0 Å². The summed E-state index contributed by atoms with van der Waals surface area (Å²) in [7, 11) is 1.59. The third kappa shape index (κ3) is 6.58. The molecule has 5 nitrogen and oxygen atoms in total. The number of hydrogen-bond acceptors (Lipinski definition) is 3. The number of nitrogens with one attached hydrogen (secondary N) is 2. The molecule has 1 saturated carbocycles. The van der Waals surface area contributed by atoms with Crippen LogP contribution in [0.15, 0.2) is 48.5 Å². The molecule has 0 aliphatic heterocycles. The van der Waals surface area contributed by atoms with E-state index in [9.17, 15) is 22.4 Å². The van der Waals surface area contributed by atoms with Crippen molar-refractivity contribution in [1.29, 1.82) is 0 Å². The van der Waals surface area contributed by atoms with Gasteiger partial charge in [0.05, 0.1) is 19.8 Å². The Morgan fingerprint density at radius 2 is 1.87 bits per heavy atom. The zero-order chi connectivity index (χ0) is 22.4. The molecule has 0 spiro atoms. The summed E-state index contributed by atoms with van der Waals surface area (Å²) in [5, 5.41) is 5.69. The van der Waals surface area contributed by atoms with Crippen LogP contribution in [0.3, 0.4) is 0 Å². The fourth-order valence-corrected chi connectivity index (χ4v) is 3.13. The minimum Gasteiger partial charge on any atom is -0.497 e. The topological polar surface area (TPSA) is 59.6 Å². The van der Waals surface area contributed by atoms with Gasteiger partial charge in [-0.25, -0.2) is 13.6 Å². The Hall–Kier alpha value is -2.81. The highest BCUT2D eigenvalue weighted by Crippen LogP contribution is 2.41. The zero-order valence-corrected chi connectivity index (χ0v) is 16.9. The van der Waals surface area contributed by atoms with E-state index in [-0.39, 0.29) is 12.6 Å². The molecule has 1 unspecified atom stereocenters. The highest BCUT2D eigenvalue weighted by Gasteiger charge is 2.41. The lowest BCUT2D eigenvalue weighted by molar-refractivity contribution is -0.168. The average molecular weight is 440 g/mol. The second kappa shape index (κ2) is 10.00. The van der Waals surface area contributed by atoms with Gasteiger partial charge in [-0.15, -0.1) is 0 Å². The molecule has 1 atom stereocenters. The van der Waals surface area contributed by atoms with E-state index in [1.54, 1.807) is 31.4 Å². The van der Waals surface area contributed by atoms with Gasteiger partial charge in [0.1, 0.15) is 12.4 Å². The quantitative estimate of drug-likeness (QED) is 0.488. The Kier molecular flexibility index (Phi) is 7.37. The van der Waals surface area contributed by atoms with Crippen LogP contribution in [0.4, 0.5) is 28.0 Å². The molecule has 1 aliphatic rings. The van der Waals surface area contributed by atoms with Crippen LogP contribution in [0.1, 0.15) is 30.0 Å². The third-order valence-corrected chi connectivity index (χ3v) is 4.92. The Morgan fingerprint density at radius 1 is 1.16 bits per heavy atom. The number of hydrogen-bond donors (Lipinski definition) is 2. The Balaban J connectivity index is 1.56. The van der Waals surface area contributed by atoms with Gasteiger partial charge in [0.25, 0.3) is 0 Å². The lowest BCUT2D eigenvalue weighted by Crippen LogP contribution is -2.33. The standard InChI is InChI=1S/C22H24F4N2O3/c1-30-18-9-7-16(8-10-18)19(15-5-6-15)28-21(29)27-17-4-2-3-14(11-17)12-31-13-22(25,26)20(23)24/h2-4,7-11,15,19-20H,5-6,12-13H2,1H3,(H2,27,28,29). The number of alkyl halides is 4. The first-order chi connectivity index (χ1) is 14.8. The van der Waals surface area contributed by atoms with E-state index in [1.807, 2.05) is 24.3 Å². The van der Waals surface area contributed by atoms with Gasteiger partial charge in [-0.2, -0.15) is 8.78 Å². The summed E-state index contributed by atoms with van der Waals surface area (Å²) in [5.41, 5.74) is 1.88. The molecule has 1 aliphatic carbocycles. The first-order valence-electron chi connectivity index (χ1n) is 9.82. The van der Waals surface area contributed by atoms with Crippen molar-refractivity contribution in [2.45, 2.75) is 37.8 Å². The summed E-state index contributed by atoms with van der Waals surface area (Å²) in [6.45, 7) is -1.66. The van der Waals surface area contributed by atoms with Crippen molar-refractivity contribution < 1.29 is 31.8 Å².